The number of hydrogen-bond donors (Lipinski definition) is 1. The van der Waals surface area contributed by atoms with Gasteiger partial charge in [0.15, 0.2) is 0 Å². The average Bonchev–Trinajstić information content (AvgIpc) is 2.64. The van der Waals surface area contributed by atoms with Gasteiger partial charge in [-0.2, -0.15) is 0 Å². The Bertz CT molecular complexity index is 913. The molecule has 1 aromatic heterocycles. The van der Waals surface area contributed by atoms with Crippen LogP contribution in [-0.2, 0) is 0 Å². The van der Waals surface area contributed by atoms with Gasteiger partial charge >= 0.3 is 0 Å². The maximum Gasteiger partial charge on any atom is 0.293 e. The van der Waals surface area contributed by atoms with Gasteiger partial charge in [-0.15, -0.1) is 0 Å². The first kappa shape index (κ1) is 16.1. The Kier molecular flexibility index (Phi) is 4.34. The van der Waals surface area contributed by atoms with E-state index in [2.05, 4.69) is 9.97 Å². The summed E-state index contributed by atoms with van der Waals surface area (Å²) < 4.78 is 0. The minimum absolute atomic E-state index is 0.0671. The molecule has 2 N–H and O–H groups in total. The Morgan fingerprint density at radius 3 is 2.44 bits per heavy atom. The topological polar surface area (TPSA) is 115 Å². The number of benzene rings is 2. The Balaban J connectivity index is 2.18. The number of aromatic nitrogens is 2. The van der Waals surface area contributed by atoms with E-state index >= 15 is 0 Å². The van der Waals surface area contributed by atoms with Crippen molar-refractivity contribution in [2.24, 2.45) is 0 Å². The van der Waals surface area contributed by atoms with Crippen LogP contribution in [-0.4, -0.2) is 20.8 Å². The molecule has 1 amide bonds. The fourth-order valence-electron chi connectivity index (χ4n) is 2.32. The monoisotopic (exact) mass is 335 g/mol. The summed E-state index contributed by atoms with van der Waals surface area (Å²) in [5.74, 6) is -0.535. The lowest BCUT2D eigenvalue weighted by atomic mass is 10.2. The number of nitrogens with two attached hydrogens (primary N) is 1. The van der Waals surface area contributed by atoms with Gasteiger partial charge in [-0.05, 0) is 30.3 Å². The van der Waals surface area contributed by atoms with E-state index in [0.717, 1.165) is 0 Å². The summed E-state index contributed by atoms with van der Waals surface area (Å²) in [4.78, 5) is 32.9. The van der Waals surface area contributed by atoms with Gasteiger partial charge in [0.1, 0.15) is 11.4 Å². The standard InChI is InChI=1S/C17H13N5O3/c18-12-5-7-13(8-6-12)21(17(23)14-11-19-9-10-20-14)15-3-1-2-4-16(15)22(24)25/h1-11H,18H2. The van der Waals surface area contributed by atoms with Gasteiger partial charge < -0.3 is 5.73 Å². The predicted octanol–water partition coefficient (Wildman–Crippen LogP) is 2.95. The van der Waals surface area contributed by atoms with E-state index in [4.69, 9.17) is 5.73 Å². The van der Waals surface area contributed by atoms with E-state index < -0.39 is 10.8 Å². The number of nitro benzene ring substituents is 1. The van der Waals surface area contributed by atoms with Gasteiger partial charge in [0.2, 0.25) is 0 Å². The van der Waals surface area contributed by atoms with E-state index in [-0.39, 0.29) is 17.1 Å². The summed E-state index contributed by atoms with van der Waals surface area (Å²) in [5.41, 5.74) is 6.64. The second-order valence-corrected chi connectivity index (χ2v) is 5.07. The zero-order valence-electron chi connectivity index (χ0n) is 12.9. The molecular weight excluding hydrogens is 322 g/mol. The predicted molar refractivity (Wildman–Crippen MR) is 92.5 cm³/mol. The molecule has 0 aliphatic carbocycles. The molecule has 0 aliphatic heterocycles. The maximum atomic E-state index is 13.0. The number of amides is 1. The molecule has 0 saturated heterocycles. The lowest BCUT2D eigenvalue weighted by molar-refractivity contribution is -0.384. The van der Waals surface area contributed by atoms with Gasteiger partial charge in [-0.1, -0.05) is 12.1 Å². The molecule has 8 nitrogen and oxygen atoms in total. The molecule has 0 fully saturated rings. The molecule has 25 heavy (non-hydrogen) atoms. The molecule has 0 radical (unpaired) electrons. The number of hydrogen-bond acceptors (Lipinski definition) is 6. The second-order valence-electron chi connectivity index (χ2n) is 5.07. The lowest BCUT2D eigenvalue weighted by Gasteiger charge is -2.22. The Hall–Kier alpha value is -3.81. The van der Waals surface area contributed by atoms with Crippen molar-refractivity contribution in [1.29, 1.82) is 0 Å². The van der Waals surface area contributed by atoms with Crippen molar-refractivity contribution in [2.75, 3.05) is 10.6 Å². The van der Waals surface area contributed by atoms with Gasteiger partial charge in [0.25, 0.3) is 11.6 Å². The zero-order chi connectivity index (χ0) is 17.8. The van der Waals surface area contributed by atoms with Crippen LogP contribution >= 0.6 is 0 Å². The molecule has 2 aromatic carbocycles. The first-order valence-corrected chi connectivity index (χ1v) is 7.27. The Morgan fingerprint density at radius 1 is 1.08 bits per heavy atom. The largest absolute Gasteiger partial charge is 0.399 e. The molecule has 3 aromatic rings. The Morgan fingerprint density at radius 2 is 1.80 bits per heavy atom. The van der Waals surface area contributed by atoms with Crippen LogP contribution in [0.15, 0.2) is 67.1 Å². The summed E-state index contributed by atoms with van der Waals surface area (Å²) in [6.45, 7) is 0. The first-order valence-electron chi connectivity index (χ1n) is 7.27. The number of nitro groups is 1. The number of carbonyl (C=O) groups excluding carboxylic acids is 1. The second kappa shape index (κ2) is 6.75. The van der Waals surface area contributed by atoms with Crippen LogP contribution < -0.4 is 10.6 Å². The number of carbonyl (C=O) groups is 1. The van der Waals surface area contributed by atoms with Crippen molar-refractivity contribution in [2.45, 2.75) is 0 Å². The highest BCUT2D eigenvalue weighted by atomic mass is 16.6. The molecule has 0 unspecified atom stereocenters. The van der Waals surface area contributed by atoms with Crippen molar-refractivity contribution in [3.8, 4) is 0 Å². The van der Waals surface area contributed by atoms with E-state index in [9.17, 15) is 14.9 Å². The summed E-state index contributed by atoms with van der Waals surface area (Å²) in [5, 5.41) is 11.4. The van der Waals surface area contributed by atoms with Gasteiger partial charge in [-0.25, -0.2) is 4.98 Å². The van der Waals surface area contributed by atoms with Gasteiger partial charge in [-0.3, -0.25) is 24.8 Å². The van der Waals surface area contributed by atoms with E-state index in [1.54, 1.807) is 30.3 Å². The van der Waals surface area contributed by atoms with Crippen LogP contribution in [0.3, 0.4) is 0 Å². The van der Waals surface area contributed by atoms with E-state index in [0.29, 0.717) is 11.4 Å². The fourth-order valence-corrected chi connectivity index (χ4v) is 2.32. The third kappa shape index (κ3) is 3.27. The quantitative estimate of drug-likeness (QED) is 0.445. The number of nitrogen functional groups attached to an aromatic ring is 1. The number of rotatable bonds is 4. The molecule has 0 atom stereocenters. The van der Waals surface area contributed by atoms with E-state index in [1.165, 1.54) is 41.7 Å². The van der Waals surface area contributed by atoms with Gasteiger partial charge in [0, 0.05) is 29.8 Å². The first-order chi connectivity index (χ1) is 12.1. The normalized spacial score (nSPS) is 10.2. The summed E-state index contributed by atoms with van der Waals surface area (Å²) in [7, 11) is 0. The molecule has 0 spiro atoms. The SMILES string of the molecule is Nc1ccc(N(C(=O)c2cnccn2)c2ccccc2[N+](=O)[O-])cc1. The highest BCUT2D eigenvalue weighted by Gasteiger charge is 2.27. The van der Waals surface area contributed by atoms with Crippen LogP contribution in [0.25, 0.3) is 0 Å². The molecule has 0 saturated carbocycles. The van der Waals surface area contributed by atoms with Crippen molar-refractivity contribution in [3.05, 3.63) is 82.9 Å². The smallest absolute Gasteiger partial charge is 0.293 e. The summed E-state index contributed by atoms with van der Waals surface area (Å²) in [6.07, 6.45) is 4.13. The van der Waals surface area contributed by atoms with Crippen LogP contribution in [0.2, 0.25) is 0 Å². The molecule has 0 bridgehead atoms. The number of para-hydroxylation sites is 2. The van der Waals surface area contributed by atoms with Crippen LogP contribution in [0.1, 0.15) is 10.5 Å². The van der Waals surface area contributed by atoms with Crippen LogP contribution in [0.5, 0.6) is 0 Å². The highest BCUT2D eigenvalue weighted by Crippen LogP contribution is 2.34. The van der Waals surface area contributed by atoms with Crippen LogP contribution in [0, 0.1) is 10.1 Å². The Labute approximate surface area is 142 Å². The van der Waals surface area contributed by atoms with Gasteiger partial charge in [0.05, 0.1) is 11.1 Å². The molecular formula is C17H13N5O3. The van der Waals surface area contributed by atoms with Crippen molar-refractivity contribution in [3.63, 3.8) is 0 Å². The highest BCUT2D eigenvalue weighted by molar-refractivity contribution is 6.10. The lowest BCUT2D eigenvalue weighted by Crippen LogP contribution is -2.27. The third-order valence-electron chi connectivity index (χ3n) is 3.46. The third-order valence-corrected chi connectivity index (χ3v) is 3.46. The minimum Gasteiger partial charge on any atom is -0.399 e. The molecule has 3 rings (SSSR count). The average molecular weight is 335 g/mol. The van der Waals surface area contributed by atoms with Crippen LogP contribution in [0.4, 0.5) is 22.7 Å². The summed E-state index contributed by atoms with van der Waals surface area (Å²) >= 11 is 0. The van der Waals surface area contributed by atoms with Crippen molar-refractivity contribution < 1.29 is 9.72 Å². The molecule has 124 valence electrons. The van der Waals surface area contributed by atoms with Crippen molar-refractivity contribution >= 4 is 28.7 Å². The molecule has 0 aliphatic rings. The molecule has 8 heteroatoms. The number of anilines is 3. The maximum absolute atomic E-state index is 13.0. The number of nitrogens with zero attached hydrogens (tertiary/aromatic N) is 4. The molecule has 1 heterocycles. The van der Waals surface area contributed by atoms with E-state index in [1.807, 2.05) is 0 Å². The minimum atomic E-state index is -0.538. The zero-order valence-corrected chi connectivity index (χ0v) is 12.9. The summed E-state index contributed by atoms with van der Waals surface area (Å²) in [6, 6.07) is 12.4. The fraction of sp³-hybridized carbons (Fsp3) is 0. The van der Waals surface area contributed by atoms with Crippen molar-refractivity contribution in [1.82, 2.24) is 9.97 Å².